The van der Waals surface area contributed by atoms with Gasteiger partial charge in [-0.15, -0.1) is 11.3 Å². The van der Waals surface area contributed by atoms with Crippen molar-refractivity contribution in [2.45, 2.75) is 26.7 Å². The van der Waals surface area contributed by atoms with Crippen LogP contribution in [0.15, 0.2) is 24.3 Å². The van der Waals surface area contributed by atoms with Gasteiger partial charge in [-0.25, -0.2) is 9.56 Å². The number of hydrogen-bond donors (Lipinski definition) is 1. The Balaban J connectivity index is 1.68. The Kier molecular flexibility index (Phi) is 5.72. The smallest absolute Gasteiger partial charge is 0.201 e. The van der Waals surface area contributed by atoms with Crippen LogP contribution in [-0.4, -0.2) is 57.5 Å². The summed E-state index contributed by atoms with van der Waals surface area (Å²) in [5.74, 6) is 0. The average Bonchev–Trinajstić information content (AvgIpc) is 3.07. The fraction of sp³-hybridized carbons (Fsp3) is 0.500. The topological polar surface area (TPSA) is 40.4 Å². The third-order valence-corrected chi connectivity index (χ3v) is 7.36. The van der Waals surface area contributed by atoms with E-state index in [2.05, 4.69) is 52.9 Å². The van der Waals surface area contributed by atoms with E-state index < -0.39 is 0 Å². The molecule has 0 unspecified atom stereocenters. The number of nitrogens with one attached hydrogen (secondary N) is 1. The fourth-order valence-corrected chi connectivity index (χ4v) is 5.77. The summed E-state index contributed by atoms with van der Waals surface area (Å²) in [5.41, 5.74) is 6.23. The van der Waals surface area contributed by atoms with Crippen LogP contribution < -0.4 is 20.1 Å². The highest BCUT2D eigenvalue weighted by Gasteiger charge is 2.19. The highest BCUT2D eigenvalue weighted by atomic mass is 32.1. The van der Waals surface area contributed by atoms with E-state index in [4.69, 9.17) is 9.72 Å². The maximum Gasteiger partial charge on any atom is 0.201 e. The van der Waals surface area contributed by atoms with Crippen LogP contribution in [0.25, 0.3) is 20.8 Å². The number of fused-ring (bicyclic) bond motifs is 2. The molecule has 0 aromatic heterocycles. The molecule has 4 aliphatic rings. The van der Waals surface area contributed by atoms with Crippen LogP contribution in [0.4, 0.5) is 5.69 Å². The molecular weight excluding hydrogens is 392 g/mol. The Morgan fingerprint density at radius 2 is 2.00 bits per heavy atom. The molecule has 30 heavy (non-hydrogen) atoms. The Bertz CT molecular complexity index is 1090. The van der Waals surface area contributed by atoms with Crippen LogP contribution in [0.2, 0.25) is 0 Å². The van der Waals surface area contributed by atoms with Gasteiger partial charge in [-0.05, 0) is 36.6 Å². The van der Waals surface area contributed by atoms with E-state index in [0.717, 1.165) is 64.4 Å². The zero-order valence-electron chi connectivity index (χ0n) is 18.0. The van der Waals surface area contributed by atoms with E-state index in [1.807, 2.05) is 11.3 Å². The van der Waals surface area contributed by atoms with Crippen molar-refractivity contribution < 1.29 is 4.74 Å². The molecule has 0 amide bonds. The highest BCUT2D eigenvalue weighted by molar-refractivity contribution is 7.21. The maximum absolute atomic E-state index is 5.54. The molecule has 1 aliphatic carbocycles. The lowest BCUT2D eigenvalue weighted by Crippen LogP contribution is -2.36. The number of nitrogens with zero attached hydrogens (tertiary/aromatic N) is 3. The molecule has 5 nitrogen and oxygen atoms in total. The summed E-state index contributed by atoms with van der Waals surface area (Å²) < 4.78 is 9.35. The zero-order valence-corrected chi connectivity index (χ0v) is 18.9. The molecule has 5 rings (SSSR count). The van der Waals surface area contributed by atoms with Gasteiger partial charge in [0.25, 0.3) is 0 Å². The average molecular weight is 424 g/mol. The number of aryl methyl sites for hydroxylation is 2. The summed E-state index contributed by atoms with van der Waals surface area (Å²) in [6, 6.07) is 9.37. The molecule has 0 bridgehead atoms. The minimum atomic E-state index is 0.810. The van der Waals surface area contributed by atoms with Crippen LogP contribution >= 0.6 is 11.3 Å². The number of rotatable bonds is 2. The summed E-state index contributed by atoms with van der Waals surface area (Å²) in [6.07, 6.45) is 2.20. The third-order valence-electron chi connectivity index (χ3n) is 6.29. The summed E-state index contributed by atoms with van der Waals surface area (Å²) >= 11 is 1.89. The van der Waals surface area contributed by atoms with Gasteiger partial charge in [0.1, 0.15) is 6.54 Å². The quantitative estimate of drug-likeness (QED) is 0.508. The van der Waals surface area contributed by atoms with Gasteiger partial charge in [-0.2, -0.15) is 0 Å². The molecule has 2 saturated heterocycles. The molecular formula is C24H31N4OS+. The van der Waals surface area contributed by atoms with Crippen LogP contribution in [0.1, 0.15) is 24.5 Å². The van der Waals surface area contributed by atoms with Crippen LogP contribution in [-0.2, 0) is 11.2 Å². The van der Waals surface area contributed by atoms with Gasteiger partial charge in [-0.1, -0.05) is 6.92 Å². The number of hydrogen-bond acceptors (Lipinski definition) is 5. The minimum Gasteiger partial charge on any atom is -0.378 e. The van der Waals surface area contributed by atoms with Crippen molar-refractivity contribution in [3.05, 3.63) is 40.7 Å². The van der Waals surface area contributed by atoms with Gasteiger partial charge in [0, 0.05) is 43.9 Å². The second-order valence-electron chi connectivity index (χ2n) is 8.32. The van der Waals surface area contributed by atoms with Crippen molar-refractivity contribution in [2.24, 2.45) is 0 Å². The number of ether oxygens (including phenoxy) is 1. The lowest BCUT2D eigenvalue weighted by Gasteiger charge is -2.29. The molecule has 3 aliphatic heterocycles. The van der Waals surface area contributed by atoms with Crippen LogP contribution in [0.3, 0.4) is 0 Å². The van der Waals surface area contributed by atoms with Crippen molar-refractivity contribution in [3.63, 3.8) is 0 Å². The van der Waals surface area contributed by atoms with Gasteiger partial charge in [0.2, 0.25) is 5.36 Å². The van der Waals surface area contributed by atoms with E-state index >= 15 is 0 Å². The number of benzene rings is 2. The van der Waals surface area contributed by atoms with Crippen LogP contribution in [0, 0.1) is 6.92 Å². The summed E-state index contributed by atoms with van der Waals surface area (Å²) in [5, 5.41) is 4.86. The second kappa shape index (κ2) is 8.61. The largest absolute Gasteiger partial charge is 0.378 e. The van der Waals surface area contributed by atoms with Crippen molar-refractivity contribution in [1.82, 2.24) is 14.9 Å². The predicted molar refractivity (Wildman–Crippen MR) is 126 cm³/mol. The molecule has 1 aromatic rings. The van der Waals surface area contributed by atoms with Gasteiger partial charge in [0.05, 0.1) is 40.5 Å². The lowest BCUT2D eigenvalue weighted by atomic mass is 10.1. The molecule has 0 spiro atoms. The Morgan fingerprint density at radius 1 is 1.13 bits per heavy atom. The predicted octanol–water partition coefficient (Wildman–Crippen LogP) is 2.87. The van der Waals surface area contributed by atoms with Crippen molar-refractivity contribution in [3.8, 4) is 10.6 Å². The van der Waals surface area contributed by atoms with E-state index in [9.17, 15) is 0 Å². The van der Waals surface area contributed by atoms with Gasteiger partial charge < -0.3 is 15.0 Å². The van der Waals surface area contributed by atoms with Crippen molar-refractivity contribution in [1.29, 1.82) is 0 Å². The Hall–Kier alpha value is -2.02. The Labute approximate surface area is 182 Å². The molecule has 0 saturated carbocycles. The molecule has 1 N–H and O–H groups in total. The Morgan fingerprint density at radius 3 is 2.83 bits per heavy atom. The van der Waals surface area contributed by atoms with Gasteiger partial charge in [0.15, 0.2) is 6.54 Å². The van der Waals surface area contributed by atoms with Crippen molar-refractivity contribution >= 4 is 27.2 Å². The zero-order chi connectivity index (χ0) is 20.5. The van der Waals surface area contributed by atoms with Crippen LogP contribution in [0.5, 0.6) is 0 Å². The fourth-order valence-electron chi connectivity index (χ4n) is 4.59. The van der Waals surface area contributed by atoms with E-state index in [1.54, 1.807) is 0 Å². The van der Waals surface area contributed by atoms with Gasteiger partial charge in [-0.3, -0.25) is 0 Å². The monoisotopic (exact) mass is 423 g/mol. The molecule has 0 radical (unpaired) electrons. The molecule has 3 heterocycles. The third kappa shape index (κ3) is 3.84. The first-order chi connectivity index (χ1) is 14.7. The first-order valence-electron chi connectivity index (χ1n) is 11.2. The summed E-state index contributed by atoms with van der Waals surface area (Å²) in [4.78, 5) is 8.91. The highest BCUT2D eigenvalue weighted by Crippen LogP contribution is 2.35. The lowest BCUT2D eigenvalue weighted by molar-refractivity contribution is 0.122. The molecule has 0 atom stereocenters. The minimum absolute atomic E-state index is 0.810. The SMILES string of the molecule is CCc1cc(=[N+]2CCCNCC2)cc2sc3cc(N4CCOCC4)cc(C)c3nc1-2. The standard InChI is InChI=1S/C24H31N4OS/c1-3-18-14-20(27-7-4-5-25-6-8-27)16-22-24(18)26-23-17(2)13-19(15-21(23)30-22)28-9-11-29-12-10-28/h13-16,25H,3-12H2,1-2H3/q+1. The number of anilines is 1. The van der Waals surface area contributed by atoms with Crippen molar-refractivity contribution in [2.75, 3.05) is 57.4 Å². The molecule has 6 heteroatoms. The van der Waals surface area contributed by atoms with E-state index in [0.29, 0.717) is 0 Å². The van der Waals surface area contributed by atoms with E-state index in [1.165, 1.54) is 43.9 Å². The number of aromatic nitrogens is 1. The number of morpholine rings is 1. The molecule has 1 aromatic carbocycles. The molecule has 158 valence electrons. The second-order valence-corrected chi connectivity index (χ2v) is 9.40. The van der Waals surface area contributed by atoms with E-state index in [-0.39, 0.29) is 0 Å². The summed E-state index contributed by atoms with van der Waals surface area (Å²) in [6.45, 7) is 12.3. The summed E-state index contributed by atoms with van der Waals surface area (Å²) in [7, 11) is 0. The van der Waals surface area contributed by atoms with Gasteiger partial charge >= 0.3 is 0 Å². The first kappa shape index (κ1) is 19.9. The first-order valence-corrected chi connectivity index (χ1v) is 12.0. The maximum atomic E-state index is 5.54. The molecule has 2 fully saturated rings. The normalized spacial score (nSPS) is 20.0.